The Hall–Kier alpha value is -1.55. The Balaban J connectivity index is 1.75. The van der Waals surface area contributed by atoms with E-state index in [9.17, 15) is 4.79 Å². The van der Waals surface area contributed by atoms with Crippen LogP contribution < -0.4 is 0 Å². The van der Waals surface area contributed by atoms with E-state index in [1.54, 1.807) is 12.1 Å². The van der Waals surface area contributed by atoms with Crippen LogP contribution in [0.25, 0.3) is 0 Å². The molecule has 1 atom stereocenters. The van der Waals surface area contributed by atoms with Crippen LogP contribution in [0.4, 0.5) is 0 Å². The van der Waals surface area contributed by atoms with E-state index in [0.717, 1.165) is 37.2 Å². The molecule has 3 rings (SSSR count). The van der Waals surface area contributed by atoms with Gasteiger partial charge in [0.1, 0.15) is 0 Å². The number of hydrogen-bond acceptors (Lipinski definition) is 2. The molecule has 2 aromatic rings. The van der Waals surface area contributed by atoms with Gasteiger partial charge in [-0.15, -0.1) is 0 Å². The van der Waals surface area contributed by atoms with Gasteiger partial charge in [-0.1, -0.05) is 59.6 Å². The lowest BCUT2D eigenvalue weighted by Gasteiger charge is -2.32. The fourth-order valence-electron chi connectivity index (χ4n) is 3.30. The van der Waals surface area contributed by atoms with Crippen molar-refractivity contribution in [1.29, 1.82) is 0 Å². The number of rotatable bonds is 6. The average molecular weight is 390 g/mol. The Kier molecular flexibility index (Phi) is 6.58. The van der Waals surface area contributed by atoms with Gasteiger partial charge >= 0.3 is 0 Å². The molecule has 1 radical (unpaired) electrons. The van der Waals surface area contributed by atoms with Gasteiger partial charge in [-0.05, 0) is 42.6 Å². The van der Waals surface area contributed by atoms with Crippen molar-refractivity contribution in [1.82, 2.24) is 9.80 Å². The topological polar surface area (TPSA) is 23.6 Å². The van der Waals surface area contributed by atoms with Crippen LogP contribution in [0.2, 0.25) is 10.0 Å². The average Bonchev–Trinajstić information content (AvgIpc) is 3.16. The lowest BCUT2D eigenvalue weighted by atomic mass is 10.0. The molecule has 5 heteroatoms. The SMILES string of the molecule is CN(C(=O)Cc1ccc(Cl)c(Cl)c1)[C@H](CN1C[CH]CC1)c1ccccc1. The summed E-state index contributed by atoms with van der Waals surface area (Å²) in [4.78, 5) is 17.2. The zero-order valence-corrected chi connectivity index (χ0v) is 16.4. The van der Waals surface area contributed by atoms with Crippen LogP contribution in [0.3, 0.4) is 0 Å². The molecular formula is C21H23Cl2N2O. The summed E-state index contributed by atoms with van der Waals surface area (Å²) in [6.45, 7) is 2.88. The molecule has 3 nitrogen and oxygen atoms in total. The van der Waals surface area contributed by atoms with E-state index < -0.39 is 0 Å². The smallest absolute Gasteiger partial charge is 0.227 e. The number of benzene rings is 2. The highest BCUT2D eigenvalue weighted by Gasteiger charge is 2.25. The molecule has 1 saturated heterocycles. The summed E-state index contributed by atoms with van der Waals surface area (Å²) in [7, 11) is 1.89. The molecule has 1 heterocycles. The first-order valence-corrected chi connectivity index (χ1v) is 9.58. The van der Waals surface area contributed by atoms with Crippen molar-refractivity contribution in [3.63, 3.8) is 0 Å². The molecule has 1 amide bonds. The molecule has 0 N–H and O–H groups in total. The summed E-state index contributed by atoms with van der Waals surface area (Å²) >= 11 is 12.1. The molecule has 26 heavy (non-hydrogen) atoms. The van der Waals surface area contributed by atoms with Gasteiger partial charge in [0.2, 0.25) is 5.91 Å². The van der Waals surface area contributed by atoms with E-state index >= 15 is 0 Å². The maximum absolute atomic E-state index is 12.9. The zero-order valence-electron chi connectivity index (χ0n) is 14.9. The van der Waals surface area contributed by atoms with Crippen molar-refractivity contribution in [3.05, 3.63) is 76.1 Å². The van der Waals surface area contributed by atoms with Crippen molar-refractivity contribution in [3.8, 4) is 0 Å². The number of hydrogen-bond donors (Lipinski definition) is 0. The van der Waals surface area contributed by atoms with Crippen molar-refractivity contribution in [2.24, 2.45) is 0 Å². The molecule has 0 unspecified atom stereocenters. The van der Waals surface area contributed by atoms with Crippen LogP contribution >= 0.6 is 23.2 Å². The molecular weight excluding hydrogens is 367 g/mol. The number of carbonyl (C=O) groups excluding carboxylic acids is 1. The summed E-state index contributed by atoms with van der Waals surface area (Å²) < 4.78 is 0. The van der Waals surface area contributed by atoms with E-state index in [1.807, 2.05) is 36.2 Å². The van der Waals surface area contributed by atoms with Gasteiger partial charge < -0.3 is 9.80 Å². The first-order chi connectivity index (χ1) is 12.5. The van der Waals surface area contributed by atoms with Crippen LogP contribution in [0.5, 0.6) is 0 Å². The number of amides is 1. The van der Waals surface area contributed by atoms with E-state index in [2.05, 4.69) is 23.5 Å². The number of likely N-dealkylation sites (tertiary alicyclic amines) is 1. The van der Waals surface area contributed by atoms with Crippen LogP contribution in [-0.4, -0.2) is 42.4 Å². The van der Waals surface area contributed by atoms with E-state index in [4.69, 9.17) is 23.2 Å². The Morgan fingerprint density at radius 1 is 1.15 bits per heavy atom. The van der Waals surface area contributed by atoms with Gasteiger partial charge in [0, 0.05) is 20.1 Å². The van der Waals surface area contributed by atoms with Gasteiger partial charge in [0.05, 0.1) is 22.5 Å². The molecule has 0 bridgehead atoms. The van der Waals surface area contributed by atoms with Crippen LogP contribution in [-0.2, 0) is 11.2 Å². The first kappa shape index (κ1) is 19.2. The second kappa shape index (κ2) is 8.90. The van der Waals surface area contributed by atoms with Crippen molar-refractivity contribution < 1.29 is 4.79 Å². The van der Waals surface area contributed by atoms with Crippen LogP contribution in [0.15, 0.2) is 48.5 Å². The lowest BCUT2D eigenvalue weighted by molar-refractivity contribution is -0.131. The van der Waals surface area contributed by atoms with Gasteiger partial charge in [0.25, 0.3) is 0 Å². The molecule has 1 aliphatic heterocycles. The largest absolute Gasteiger partial charge is 0.337 e. The van der Waals surface area contributed by atoms with Crippen LogP contribution in [0.1, 0.15) is 23.6 Å². The summed E-state index contributed by atoms with van der Waals surface area (Å²) in [5, 5.41) is 0.982. The Bertz CT molecular complexity index is 745. The monoisotopic (exact) mass is 389 g/mol. The molecule has 0 spiro atoms. The third-order valence-corrected chi connectivity index (χ3v) is 5.59. The van der Waals surface area contributed by atoms with Crippen LogP contribution in [0, 0.1) is 6.42 Å². The molecule has 137 valence electrons. The molecule has 2 aromatic carbocycles. The normalized spacial score (nSPS) is 15.8. The van der Waals surface area contributed by atoms with E-state index in [1.165, 1.54) is 0 Å². The number of carbonyl (C=O) groups is 1. The third kappa shape index (κ3) is 4.79. The first-order valence-electron chi connectivity index (χ1n) is 8.83. The molecule has 0 saturated carbocycles. The highest BCUT2D eigenvalue weighted by Crippen LogP contribution is 2.25. The minimum atomic E-state index is 0.0259. The molecule has 1 fully saturated rings. The summed E-state index contributed by atoms with van der Waals surface area (Å²) in [6.07, 6.45) is 3.71. The molecule has 0 aromatic heterocycles. The Morgan fingerprint density at radius 2 is 1.92 bits per heavy atom. The van der Waals surface area contributed by atoms with Crippen molar-refractivity contribution in [2.75, 3.05) is 26.7 Å². The summed E-state index contributed by atoms with van der Waals surface area (Å²) in [6, 6.07) is 15.6. The molecule has 1 aliphatic rings. The van der Waals surface area contributed by atoms with E-state index in [0.29, 0.717) is 16.5 Å². The summed E-state index contributed by atoms with van der Waals surface area (Å²) in [5.41, 5.74) is 2.03. The fourth-order valence-corrected chi connectivity index (χ4v) is 3.62. The van der Waals surface area contributed by atoms with Gasteiger partial charge in [-0.25, -0.2) is 0 Å². The lowest BCUT2D eigenvalue weighted by Crippen LogP contribution is -2.39. The number of likely N-dealkylation sites (N-methyl/N-ethyl adjacent to an activating group) is 1. The Morgan fingerprint density at radius 3 is 2.58 bits per heavy atom. The second-order valence-corrected chi connectivity index (χ2v) is 7.51. The van der Waals surface area contributed by atoms with Gasteiger partial charge in [-0.2, -0.15) is 0 Å². The highest BCUT2D eigenvalue weighted by atomic mass is 35.5. The number of halogens is 2. The predicted molar refractivity (Wildman–Crippen MR) is 107 cm³/mol. The zero-order chi connectivity index (χ0) is 18.5. The highest BCUT2D eigenvalue weighted by molar-refractivity contribution is 6.42. The summed E-state index contributed by atoms with van der Waals surface area (Å²) in [5.74, 6) is 0.0698. The maximum Gasteiger partial charge on any atom is 0.227 e. The van der Waals surface area contributed by atoms with Gasteiger partial charge in [0.15, 0.2) is 0 Å². The standard InChI is InChI=1S/C21H23Cl2N2O/c1-24(21(26)14-16-9-10-18(22)19(23)13-16)20(15-25-11-5-6-12-25)17-7-3-2-4-8-17/h2-5,7-10,13,20H,6,11-12,14-15H2,1H3/t20-/m1/s1. The minimum absolute atomic E-state index is 0.0259. The number of nitrogens with zero attached hydrogens (tertiary/aromatic N) is 2. The fraction of sp³-hybridized carbons (Fsp3) is 0.333. The quantitative estimate of drug-likeness (QED) is 0.717. The van der Waals surface area contributed by atoms with Gasteiger partial charge in [-0.3, -0.25) is 4.79 Å². The minimum Gasteiger partial charge on any atom is -0.337 e. The van der Waals surface area contributed by atoms with Crippen molar-refractivity contribution >= 4 is 29.1 Å². The van der Waals surface area contributed by atoms with E-state index in [-0.39, 0.29) is 11.9 Å². The predicted octanol–water partition coefficient (Wildman–Crippen LogP) is 4.65. The second-order valence-electron chi connectivity index (χ2n) is 6.69. The maximum atomic E-state index is 12.9. The van der Waals surface area contributed by atoms with Crippen molar-refractivity contribution in [2.45, 2.75) is 18.9 Å². The Labute approximate surface area is 165 Å². The molecule has 0 aliphatic carbocycles. The third-order valence-electron chi connectivity index (χ3n) is 4.85.